The highest BCUT2D eigenvalue weighted by atomic mass is 16.7. The van der Waals surface area contributed by atoms with E-state index in [1.54, 1.807) is 55.4 Å². The van der Waals surface area contributed by atoms with Gasteiger partial charge in [0.2, 0.25) is 0 Å². The maximum Gasteiger partial charge on any atom is 0.311 e. The zero-order valence-corrected chi connectivity index (χ0v) is 40.5. The lowest BCUT2D eigenvalue weighted by Crippen LogP contribution is -2.61. The number of rotatable bonds is 7. The summed E-state index contributed by atoms with van der Waals surface area (Å²) in [5.41, 5.74) is -4.68. The van der Waals surface area contributed by atoms with Crippen molar-refractivity contribution in [2.45, 2.75) is 211 Å². The SMILES string of the molecule is C1CCC2=NCCCN2CC1.CC[C@H]1OC(=O)[C@H](C)[C@@H](O[C@H]2C[C@@](C)(OC)[C@@H](O)[C@H](C)O2)[C@H](C)[C@@H](O[C@@H]2O[C@H](C)C[C@H](N(C)C)[C@H]2O)[C@](C)(O)C[C@@H](C)/C(=N\O)[C@H](C)[C@@H](O)[C@]1(C)O. The van der Waals surface area contributed by atoms with Gasteiger partial charge in [0, 0.05) is 63.4 Å². The quantitative estimate of drug-likeness (QED) is 0.122. The van der Waals surface area contributed by atoms with Gasteiger partial charge in [-0.3, -0.25) is 9.79 Å². The van der Waals surface area contributed by atoms with Crippen LogP contribution in [0.15, 0.2) is 10.1 Å². The van der Waals surface area contributed by atoms with Gasteiger partial charge >= 0.3 is 5.97 Å². The Balaban J connectivity index is 0.000000678. The average molecular weight is 901 g/mol. The first-order valence-corrected chi connectivity index (χ1v) is 23.5. The summed E-state index contributed by atoms with van der Waals surface area (Å²) in [6.45, 7) is 20.2. The molecule has 0 aromatic rings. The molecule has 6 N–H and O–H groups in total. The second-order valence-corrected chi connectivity index (χ2v) is 20.0. The number of aliphatic hydroxyl groups excluding tert-OH is 3. The summed E-state index contributed by atoms with van der Waals surface area (Å²) < 4.78 is 37.2. The molecule has 0 bridgehead atoms. The molecule has 0 saturated carbocycles. The van der Waals surface area contributed by atoms with Crippen molar-refractivity contribution >= 4 is 17.5 Å². The highest BCUT2D eigenvalue weighted by molar-refractivity contribution is 5.88. The van der Waals surface area contributed by atoms with Crippen LogP contribution in [0.5, 0.6) is 0 Å². The Morgan fingerprint density at radius 1 is 0.905 bits per heavy atom. The van der Waals surface area contributed by atoms with Crippen LogP contribution in [0.3, 0.4) is 0 Å². The molecule has 5 heterocycles. The minimum absolute atomic E-state index is 0.0657. The first kappa shape index (κ1) is 53.6. The Bertz CT molecular complexity index is 1520. The molecular formula is C46H84N4O13. The van der Waals surface area contributed by atoms with Crippen LogP contribution >= 0.6 is 0 Å². The van der Waals surface area contributed by atoms with Gasteiger partial charge in [-0.1, -0.05) is 39.3 Å². The molecule has 366 valence electrons. The van der Waals surface area contributed by atoms with E-state index < -0.39 is 102 Å². The number of aliphatic imine (C=N–C) groups is 1. The monoisotopic (exact) mass is 901 g/mol. The van der Waals surface area contributed by atoms with E-state index in [1.807, 2.05) is 25.9 Å². The molecule has 0 aliphatic carbocycles. The molecule has 17 heteroatoms. The van der Waals surface area contributed by atoms with Crippen LogP contribution in [0, 0.1) is 23.7 Å². The van der Waals surface area contributed by atoms with E-state index >= 15 is 0 Å². The number of nitrogens with zero attached hydrogens (tertiary/aromatic N) is 4. The standard InChI is InChI=1S/C37H68N2O13.C9H16N2/c1-14-25-37(10,45)30(41)20(4)27(38-46)18(2)16-35(8,44)32(52-34-28(40)24(39(11)12)15-19(3)48-34)21(5)29(22(6)33(43)50-25)51-26-17-36(9,47-13)31(42)23(7)49-26;1-2-5-9-10-6-4-8-11(9)7-3-1/h18-26,28-32,34,40-42,44-46H,14-17H2,1-13H3;1-8H2/b38-27+;/t18-,19-,20+,21+,22-,23+,24+,25-,26+,28-,29+,30-,31+,32-,34+,35-,36-,37-;/m1./s1. The molecule has 0 amide bonds. The Labute approximate surface area is 376 Å². The fraction of sp³-hybridized carbons (Fsp3) is 0.935. The van der Waals surface area contributed by atoms with E-state index in [4.69, 9.17) is 28.4 Å². The largest absolute Gasteiger partial charge is 0.459 e. The van der Waals surface area contributed by atoms with Gasteiger partial charge in [-0.05, 0) is 94.2 Å². The summed E-state index contributed by atoms with van der Waals surface area (Å²) in [6.07, 6.45) is -2.88. The van der Waals surface area contributed by atoms with Crippen molar-refractivity contribution < 1.29 is 64.0 Å². The van der Waals surface area contributed by atoms with E-state index in [2.05, 4.69) is 15.0 Å². The number of ether oxygens (including phenoxy) is 6. The third-order valence-electron chi connectivity index (χ3n) is 14.5. The van der Waals surface area contributed by atoms with Crippen LogP contribution in [-0.4, -0.2) is 183 Å². The molecular weight excluding hydrogens is 817 g/mol. The number of carbonyl (C=O) groups is 1. The smallest absolute Gasteiger partial charge is 0.311 e. The number of amidine groups is 1. The molecule has 4 saturated heterocycles. The van der Waals surface area contributed by atoms with Crippen LogP contribution in [0.4, 0.5) is 0 Å². The summed E-state index contributed by atoms with van der Waals surface area (Å²) >= 11 is 0. The second-order valence-electron chi connectivity index (χ2n) is 20.0. The number of fused-ring (bicyclic) bond motifs is 1. The third kappa shape index (κ3) is 12.7. The van der Waals surface area contributed by atoms with Gasteiger partial charge in [0.1, 0.15) is 23.9 Å². The first-order chi connectivity index (χ1) is 29.4. The molecule has 4 fully saturated rings. The number of hydrogen-bond donors (Lipinski definition) is 6. The molecule has 0 aromatic heterocycles. The van der Waals surface area contributed by atoms with E-state index in [0.717, 1.165) is 6.54 Å². The summed E-state index contributed by atoms with van der Waals surface area (Å²) in [5, 5.41) is 71.8. The van der Waals surface area contributed by atoms with Crippen LogP contribution in [0.2, 0.25) is 0 Å². The van der Waals surface area contributed by atoms with E-state index in [0.29, 0.717) is 6.42 Å². The highest BCUT2D eigenvalue weighted by Gasteiger charge is 2.53. The molecule has 0 spiro atoms. The van der Waals surface area contributed by atoms with Crippen molar-refractivity contribution in [1.82, 2.24) is 9.80 Å². The van der Waals surface area contributed by atoms with Gasteiger partial charge in [0.15, 0.2) is 12.6 Å². The van der Waals surface area contributed by atoms with Crippen molar-refractivity contribution in [2.75, 3.05) is 40.8 Å². The summed E-state index contributed by atoms with van der Waals surface area (Å²) in [5.74, 6) is -2.84. The van der Waals surface area contributed by atoms with E-state index in [1.165, 1.54) is 65.1 Å². The molecule has 5 aliphatic rings. The molecule has 0 unspecified atom stereocenters. The molecule has 0 aromatic carbocycles. The summed E-state index contributed by atoms with van der Waals surface area (Å²) in [6, 6.07) is -0.322. The second kappa shape index (κ2) is 22.6. The van der Waals surface area contributed by atoms with Crippen molar-refractivity contribution in [2.24, 2.45) is 33.8 Å². The molecule has 18 atom stereocenters. The zero-order chi connectivity index (χ0) is 47.2. The topological polar surface area (TPSA) is 225 Å². The lowest BCUT2D eigenvalue weighted by Gasteiger charge is -2.49. The van der Waals surface area contributed by atoms with Crippen LogP contribution in [0.25, 0.3) is 0 Å². The predicted molar refractivity (Wildman–Crippen MR) is 237 cm³/mol. The van der Waals surface area contributed by atoms with Gasteiger partial charge < -0.3 is 69.0 Å². The Morgan fingerprint density at radius 2 is 1.57 bits per heavy atom. The van der Waals surface area contributed by atoms with Crippen LogP contribution < -0.4 is 0 Å². The van der Waals surface area contributed by atoms with E-state index in [9.17, 15) is 35.5 Å². The summed E-state index contributed by atoms with van der Waals surface area (Å²) in [7, 11) is 5.19. The number of oxime groups is 1. The number of carbonyl (C=O) groups excluding carboxylic acids is 1. The number of hydrogen-bond acceptors (Lipinski definition) is 17. The Morgan fingerprint density at radius 3 is 2.19 bits per heavy atom. The maximum absolute atomic E-state index is 14.1. The van der Waals surface area contributed by atoms with Crippen LogP contribution in [0.1, 0.15) is 127 Å². The van der Waals surface area contributed by atoms with Crippen molar-refractivity contribution in [1.29, 1.82) is 0 Å². The normalized spacial score (nSPS) is 45.5. The van der Waals surface area contributed by atoms with E-state index in [-0.39, 0.29) is 37.1 Å². The Hall–Kier alpha value is -2.03. The fourth-order valence-corrected chi connectivity index (χ4v) is 10.5. The fourth-order valence-electron chi connectivity index (χ4n) is 10.5. The number of likely N-dealkylation sites (N-methyl/N-ethyl adjacent to an activating group) is 1. The number of cyclic esters (lactones) is 1. The van der Waals surface area contributed by atoms with Crippen molar-refractivity contribution in [3.8, 4) is 0 Å². The van der Waals surface area contributed by atoms with Gasteiger partial charge in [-0.2, -0.15) is 0 Å². The first-order valence-electron chi connectivity index (χ1n) is 23.5. The molecule has 5 rings (SSSR count). The van der Waals surface area contributed by atoms with Crippen LogP contribution in [-0.2, 0) is 33.2 Å². The third-order valence-corrected chi connectivity index (χ3v) is 14.5. The lowest BCUT2D eigenvalue weighted by atomic mass is 9.73. The van der Waals surface area contributed by atoms with Gasteiger partial charge in [0.25, 0.3) is 0 Å². The number of methoxy groups -OCH3 is 1. The average Bonchev–Trinajstić information content (AvgIpc) is 3.48. The molecule has 17 nitrogen and oxygen atoms in total. The molecule has 5 aliphatic heterocycles. The summed E-state index contributed by atoms with van der Waals surface area (Å²) in [4.78, 5) is 23.1. The van der Waals surface area contributed by atoms with Gasteiger partial charge in [-0.15, -0.1) is 0 Å². The maximum atomic E-state index is 14.1. The minimum atomic E-state index is -1.97. The van der Waals surface area contributed by atoms with Gasteiger partial charge in [0.05, 0.1) is 59.2 Å². The minimum Gasteiger partial charge on any atom is -0.459 e. The molecule has 0 radical (unpaired) electrons. The Kier molecular flexibility index (Phi) is 19.3. The number of esters is 1. The molecule has 63 heavy (non-hydrogen) atoms. The van der Waals surface area contributed by atoms with Crippen molar-refractivity contribution in [3.63, 3.8) is 0 Å². The number of aliphatic hydroxyl groups is 5. The van der Waals surface area contributed by atoms with Crippen molar-refractivity contribution in [3.05, 3.63) is 0 Å². The van der Waals surface area contributed by atoms with Gasteiger partial charge in [-0.25, -0.2) is 0 Å². The zero-order valence-electron chi connectivity index (χ0n) is 40.5. The highest BCUT2D eigenvalue weighted by Crippen LogP contribution is 2.41. The lowest BCUT2D eigenvalue weighted by molar-refractivity contribution is -0.317. The predicted octanol–water partition coefficient (Wildman–Crippen LogP) is 3.71.